The fourth-order valence-corrected chi connectivity index (χ4v) is 2.64. The molecule has 0 aromatic heterocycles. The van der Waals surface area contributed by atoms with E-state index in [9.17, 15) is 0 Å². The van der Waals surface area contributed by atoms with Gasteiger partial charge >= 0.3 is 0 Å². The van der Waals surface area contributed by atoms with Crippen LogP contribution in [0.5, 0.6) is 0 Å². The number of anilines is 1. The Morgan fingerprint density at radius 2 is 1.53 bits per heavy atom. The van der Waals surface area contributed by atoms with E-state index >= 15 is 0 Å². The number of hydrogen-bond acceptors (Lipinski definition) is 1. The van der Waals surface area contributed by atoms with Gasteiger partial charge in [-0.05, 0) is 26.0 Å². The molecule has 0 N–H and O–H groups in total. The standard InChI is InChI=1S/C14H23N2.HI/c1-3-16(4-2)12-10-15(11-13-16)14-8-6-5-7-9-14;/h5-9H,3-4,10-13H2,1-2H3;1H/q+1;/p-1. The summed E-state index contributed by atoms with van der Waals surface area (Å²) in [4.78, 5) is 2.52. The predicted molar refractivity (Wildman–Crippen MR) is 69.7 cm³/mol. The molecular weight excluding hydrogens is 323 g/mol. The molecule has 0 spiro atoms. The summed E-state index contributed by atoms with van der Waals surface area (Å²) in [7, 11) is 0. The topological polar surface area (TPSA) is 3.24 Å². The number of piperazine rings is 1. The number of hydrogen-bond donors (Lipinski definition) is 0. The Kier molecular flexibility index (Phi) is 5.73. The molecule has 2 nitrogen and oxygen atoms in total. The Morgan fingerprint density at radius 3 is 2.00 bits per heavy atom. The lowest BCUT2D eigenvalue weighted by Crippen LogP contribution is -3.00. The van der Waals surface area contributed by atoms with E-state index in [-0.39, 0.29) is 24.0 Å². The number of rotatable bonds is 3. The van der Waals surface area contributed by atoms with Crippen molar-refractivity contribution in [3.05, 3.63) is 30.3 Å². The number of nitrogens with zero attached hydrogens (tertiary/aromatic N) is 2. The molecule has 96 valence electrons. The van der Waals surface area contributed by atoms with Crippen LogP contribution < -0.4 is 28.9 Å². The third-order valence-electron chi connectivity index (χ3n) is 4.15. The number of benzene rings is 1. The van der Waals surface area contributed by atoms with Gasteiger partial charge in [0.25, 0.3) is 0 Å². The smallest absolute Gasteiger partial charge is 0.0965 e. The van der Waals surface area contributed by atoms with Gasteiger partial charge in [-0.25, -0.2) is 0 Å². The highest BCUT2D eigenvalue weighted by molar-refractivity contribution is 5.46. The summed E-state index contributed by atoms with van der Waals surface area (Å²) in [5.41, 5.74) is 1.38. The first-order valence-electron chi connectivity index (χ1n) is 6.45. The molecule has 0 saturated carbocycles. The maximum atomic E-state index is 2.52. The second-order valence-corrected chi connectivity index (χ2v) is 4.74. The van der Waals surface area contributed by atoms with Crippen LogP contribution in [-0.4, -0.2) is 43.8 Å². The maximum absolute atomic E-state index is 2.52. The zero-order valence-electron chi connectivity index (χ0n) is 10.9. The molecule has 1 heterocycles. The quantitative estimate of drug-likeness (QED) is 0.520. The van der Waals surface area contributed by atoms with Crippen molar-refractivity contribution < 1.29 is 28.5 Å². The Hall–Kier alpha value is -0.290. The Labute approximate surface area is 122 Å². The fourth-order valence-electron chi connectivity index (χ4n) is 2.64. The highest BCUT2D eigenvalue weighted by Crippen LogP contribution is 2.19. The highest BCUT2D eigenvalue weighted by Gasteiger charge is 2.29. The summed E-state index contributed by atoms with van der Waals surface area (Å²) in [6.07, 6.45) is 0. The lowest BCUT2D eigenvalue weighted by molar-refractivity contribution is -0.925. The first kappa shape index (κ1) is 14.8. The lowest BCUT2D eigenvalue weighted by atomic mass is 10.2. The molecule has 0 unspecified atom stereocenters. The monoisotopic (exact) mass is 346 g/mol. The second kappa shape index (κ2) is 6.59. The summed E-state index contributed by atoms with van der Waals surface area (Å²) in [5.74, 6) is 0. The fraction of sp³-hybridized carbons (Fsp3) is 0.571. The number of halogens is 1. The number of quaternary nitrogens is 1. The van der Waals surface area contributed by atoms with Gasteiger partial charge in [0.15, 0.2) is 0 Å². The van der Waals surface area contributed by atoms with E-state index in [0.717, 1.165) is 0 Å². The minimum absolute atomic E-state index is 0. The normalized spacial score (nSPS) is 18.6. The summed E-state index contributed by atoms with van der Waals surface area (Å²) in [5, 5.41) is 0. The summed E-state index contributed by atoms with van der Waals surface area (Å²) in [6, 6.07) is 10.8. The predicted octanol–water partition coefficient (Wildman–Crippen LogP) is -0.633. The van der Waals surface area contributed by atoms with E-state index in [0.29, 0.717) is 0 Å². The van der Waals surface area contributed by atoms with Crippen LogP contribution in [0.15, 0.2) is 30.3 Å². The molecule has 0 atom stereocenters. The van der Waals surface area contributed by atoms with Crippen molar-refractivity contribution >= 4 is 5.69 Å². The van der Waals surface area contributed by atoms with Crippen molar-refractivity contribution in [3.8, 4) is 0 Å². The van der Waals surface area contributed by atoms with E-state index in [1.165, 1.54) is 49.4 Å². The highest BCUT2D eigenvalue weighted by atomic mass is 127. The molecule has 17 heavy (non-hydrogen) atoms. The summed E-state index contributed by atoms with van der Waals surface area (Å²) >= 11 is 0. The van der Waals surface area contributed by atoms with Crippen molar-refractivity contribution in [1.82, 2.24) is 0 Å². The van der Waals surface area contributed by atoms with E-state index in [1.807, 2.05) is 0 Å². The molecule has 1 aromatic carbocycles. The van der Waals surface area contributed by atoms with E-state index in [1.54, 1.807) is 0 Å². The van der Waals surface area contributed by atoms with E-state index in [2.05, 4.69) is 49.1 Å². The molecular formula is C14H23IN2. The average Bonchev–Trinajstić information content (AvgIpc) is 2.40. The third-order valence-corrected chi connectivity index (χ3v) is 4.15. The van der Waals surface area contributed by atoms with Gasteiger partial charge < -0.3 is 33.4 Å². The van der Waals surface area contributed by atoms with Crippen LogP contribution in [0.1, 0.15) is 13.8 Å². The van der Waals surface area contributed by atoms with Crippen LogP contribution >= 0.6 is 0 Å². The molecule has 1 aliphatic heterocycles. The second-order valence-electron chi connectivity index (χ2n) is 4.74. The average molecular weight is 346 g/mol. The Morgan fingerprint density at radius 1 is 1.00 bits per heavy atom. The van der Waals surface area contributed by atoms with Gasteiger partial charge in [-0.2, -0.15) is 0 Å². The van der Waals surface area contributed by atoms with Gasteiger partial charge in [-0.3, -0.25) is 0 Å². The first-order valence-corrected chi connectivity index (χ1v) is 6.45. The van der Waals surface area contributed by atoms with Crippen molar-refractivity contribution in [2.75, 3.05) is 44.2 Å². The van der Waals surface area contributed by atoms with Gasteiger partial charge in [0.2, 0.25) is 0 Å². The minimum atomic E-state index is 0. The van der Waals surface area contributed by atoms with Gasteiger partial charge in [-0.1, -0.05) is 18.2 Å². The van der Waals surface area contributed by atoms with Crippen LogP contribution in [-0.2, 0) is 0 Å². The van der Waals surface area contributed by atoms with Crippen LogP contribution in [0, 0.1) is 0 Å². The molecule has 0 aliphatic carbocycles. The maximum Gasteiger partial charge on any atom is 0.0965 e. The summed E-state index contributed by atoms with van der Waals surface area (Å²) < 4.78 is 1.29. The Balaban J connectivity index is 0.00000144. The molecule has 1 aliphatic rings. The Bertz CT molecular complexity index is 312. The van der Waals surface area contributed by atoms with Gasteiger partial charge in [0, 0.05) is 5.69 Å². The van der Waals surface area contributed by atoms with Crippen molar-refractivity contribution in [3.63, 3.8) is 0 Å². The van der Waals surface area contributed by atoms with Crippen LogP contribution in [0.2, 0.25) is 0 Å². The minimum Gasteiger partial charge on any atom is -1.00 e. The van der Waals surface area contributed by atoms with Crippen LogP contribution in [0.4, 0.5) is 5.69 Å². The molecule has 0 radical (unpaired) electrons. The largest absolute Gasteiger partial charge is 1.00 e. The van der Waals surface area contributed by atoms with Gasteiger partial charge in [0.05, 0.1) is 39.3 Å². The third kappa shape index (κ3) is 3.35. The molecule has 1 saturated heterocycles. The van der Waals surface area contributed by atoms with Crippen LogP contribution in [0.3, 0.4) is 0 Å². The van der Waals surface area contributed by atoms with Gasteiger partial charge in [0.1, 0.15) is 0 Å². The molecule has 0 amide bonds. The van der Waals surface area contributed by atoms with Crippen LogP contribution in [0.25, 0.3) is 0 Å². The number of likely N-dealkylation sites (N-methyl/N-ethyl adjacent to an activating group) is 1. The lowest BCUT2D eigenvalue weighted by Gasteiger charge is -2.44. The zero-order chi connectivity index (χ0) is 11.4. The SMILES string of the molecule is CC[N+]1(CC)CCN(c2ccccc2)CC1.[I-]. The first-order chi connectivity index (χ1) is 7.79. The van der Waals surface area contributed by atoms with Gasteiger partial charge in [-0.15, -0.1) is 0 Å². The molecule has 1 aromatic rings. The molecule has 1 fully saturated rings. The number of para-hydroxylation sites is 1. The molecule has 3 heteroatoms. The molecule has 0 bridgehead atoms. The van der Waals surface area contributed by atoms with Crippen molar-refractivity contribution in [2.45, 2.75) is 13.8 Å². The zero-order valence-corrected chi connectivity index (χ0v) is 13.1. The van der Waals surface area contributed by atoms with Crippen molar-refractivity contribution in [2.24, 2.45) is 0 Å². The molecule has 2 rings (SSSR count). The summed E-state index contributed by atoms with van der Waals surface area (Å²) in [6.45, 7) is 12.2. The van der Waals surface area contributed by atoms with E-state index in [4.69, 9.17) is 0 Å². The van der Waals surface area contributed by atoms with Crippen molar-refractivity contribution in [1.29, 1.82) is 0 Å². The van der Waals surface area contributed by atoms with E-state index < -0.39 is 0 Å².